The second-order valence-electron chi connectivity index (χ2n) is 8.64. The van der Waals surface area contributed by atoms with Gasteiger partial charge in [-0.25, -0.2) is 9.78 Å². The predicted octanol–water partition coefficient (Wildman–Crippen LogP) is 4.27. The Bertz CT molecular complexity index is 934. The molecule has 0 aliphatic carbocycles. The Morgan fingerprint density at radius 3 is 2.90 bits per heavy atom. The van der Waals surface area contributed by atoms with Gasteiger partial charge in [0.25, 0.3) is 0 Å². The van der Waals surface area contributed by atoms with E-state index in [0.29, 0.717) is 24.0 Å². The second kappa shape index (κ2) is 8.73. The number of anilines is 2. The molecule has 3 N–H and O–H groups in total. The lowest BCUT2D eigenvalue weighted by atomic mass is 9.74. The molecular formula is C22H28N4O3S. The lowest BCUT2D eigenvalue weighted by Crippen LogP contribution is -2.42. The van der Waals surface area contributed by atoms with Crippen LogP contribution in [0, 0.1) is 11.3 Å². The Labute approximate surface area is 180 Å². The standard InChI is InChI=1S/C22H28N4O3S/c1-22(2,16-7-9-29-10-8-16)13-23-20(28)26-21-25-18(12-30-21)15-3-5-17-14(11-15)4-6-19(27)24-17/h3,5,11-12,16H,4,6-10,13H2,1-2H3,(H,24,27)(H2,23,25,26,28). The van der Waals surface area contributed by atoms with E-state index in [4.69, 9.17) is 4.74 Å². The van der Waals surface area contributed by atoms with E-state index in [9.17, 15) is 9.59 Å². The molecule has 3 heterocycles. The molecule has 2 aromatic rings. The van der Waals surface area contributed by atoms with Crippen molar-refractivity contribution in [3.05, 3.63) is 29.1 Å². The molecule has 0 bridgehead atoms. The summed E-state index contributed by atoms with van der Waals surface area (Å²) in [6.07, 6.45) is 3.31. The molecule has 0 saturated carbocycles. The minimum Gasteiger partial charge on any atom is -0.381 e. The Kier molecular flexibility index (Phi) is 6.06. The molecule has 0 radical (unpaired) electrons. The van der Waals surface area contributed by atoms with Crippen LogP contribution in [0.2, 0.25) is 0 Å². The highest BCUT2D eigenvalue weighted by molar-refractivity contribution is 7.14. The van der Waals surface area contributed by atoms with Gasteiger partial charge in [-0.05, 0) is 48.3 Å². The Hall–Kier alpha value is -2.45. The third-order valence-corrected chi connectivity index (χ3v) is 6.81. The number of amides is 3. The summed E-state index contributed by atoms with van der Waals surface area (Å²) < 4.78 is 5.45. The summed E-state index contributed by atoms with van der Waals surface area (Å²) in [5.74, 6) is 0.605. The van der Waals surface area contributed by atoms with E-state index >= 15 is 0 Å². The number of aromatic nitrogens is 1. The topological polar surface area (TPSA) is 92.4 Å². The highest BCUT2D eigenvalue weighted by atomic mass is 32.1. The van der Waals surface area contributed by atoms with E-state index < -0.39 is 0 Å². The molecule has 30 heavy (non-hydrogen) atoms. The van der Waals surface area contributed by atoms with Gasteiger partial charge < -0.3 is 15.4 Å². The first-order valence-corrected chi connectivity index (χ1v) is 11.3. The van der Waals surface area contributed by atoms with Gasteiger partial charge in [0, 0.05) is 42.8 Å². The van der Waals surface area contributed by atoms with Gasteiger partial charge in [-0.2, -0.15) is 0 Å². The predicted molar refractivity (Wildman–Crippen MR) is 119 cm³/mol. The van der Waals surface area contributed by atoms with Crippen molar-refractivity contribution in [1.29, 1.82) is 0 Å². The van der Waals surface area contributed by atoms with Gasteiger partial charge in [0.15, 0.2) is 5.13 Å². The van der Waals surface area contributed by atoms with Crippen LogP contribution in [-0.4, -0.2) is 36.7 Å². The minimum absolute atomic E-state index is 0.0215. The fourth-order valence-corrected chi connectivity index (χ4v) is 4.79. The highest BCUT2D eigenvalue weighted by Crippen LogP contribution is 2.34. The molecule has 0 unspecified atom stereocenters. The lowest BCUT2D eigenvalue weighted by molar-refractivity contribution is -0.116. The maximum Gasteiger partial charge on any atom is 0.321 e. The summed E-state index contributed by atoms with van der Waals surface area (Å²) in [7, 11) is 0. The van der Waals surface area contributed by atoms with Crippen LogP contribution in [0.3, 0.4) is 0 Å². The van der Waals surface area contributed by atoms with Crippen LogP contribution in [0.5, 0.6) is 0 Å². The monoisotopic (exact) mass is 428 g/mol. The summed E-state index contributed by atoms with van der Waals surface area (Å²) in [5, 5.41) is 11.2. The van der Waals surface area contributed by atoms with Gasteiger partial charge in [0.2, 0.25) is 5.91 Å². The van der Waals surface area contributed by atoms with Crippen LogP contribution in [0.15, 0.2) is 23.6 Å². The third-order valence-electron chi connectivity index (χ3n) is 6.05. The van der Waals surface area contributed by atoms with E-state index in [0.717, 1.165) is 55.0 Å². The van der Waals surface area contributed by atoms with E-state index in [2.05, 4.69) is 40.8 Å². The number of aryl methyl sites for hydroxylation is 1. The number of ether oxygens (including phenoxy) is 1. The zero-order chi connectivity index (χ0) is 21.1. The third kappa shape index (κ3) is 4.82. The molecule has 1 aromatic carbocycles. The molecule has 1 saturated heterocycles. The zero-order valence-electron chi connectivity index (χ0n) is 17.4. The number of thiazole rings is 1. The van der Waals surface area contributed by atoms with Crippen molar-refractivity contribution in [2.24, 2.45) is 11.3 Å². The fraction of sp³-hybridized carbons (Fsp3) is 0.500. The van der Waals surface area contributed by atoms with E-state index in [1.807, 2.05) is 17.5 Å². The van der Waals surface area contributed by atoms with E-state index in [1.165, 1.54) is 11.3 Å². The van der Waals surface area contributed by atoms with Crippen LogP contribution in [0.4, 0.5) is 15.6 Å². The molecule has 2 aliphatic rings. The number of hydrogen-bond donors (Lipinski definition) is 3. The first kappa shape index (κ1) is 20.8. The molecule has 1 aromatic heterocycles. The van der Waals surface area contributed by atoms with Gasteiger partial charge in [-0.1, -0.05) is 19.9 Å². The van der Waals surface area contributed by atoms with Gasteiger partial charge >= 0.3 is 6.03 Å². The highest BCUT2D eigenvalue weighted by Gasteiger charge is 2.31. The van der Waals surface area contributed by atoms with Crippen molar-refractivity contribution in [3.8, 4) is 11.3 Å². The van der Waals surface area contributed by atoms with Crippen LogP contribution in [0.25, 0.3) is 11.3 Å². The average molecular weight is 429 g/mol. The van der Waals surface area contributed by atoms with Gasteiger partial charge in [-0.15, -0.1) is 11.3 Å². The Balaban J connectivity index is 1.34. The molecule has 3 amide bonds. The van der Waals surface area contributed by atoms with Crippen molar-refractivity contribution in [1.82, 2.24) is 10.3 Å². The number of nitrogens with zero attached hydrogens (tertiary/aromatic N) is 1. The maximum atomic E-state index is 12.4. The number of benzene rings is 1. The molecule has 7 nitrogen and oxygen atoms in total. The summed E-state index contributed by atoms with van der Waals surface area (Å²) >= 11 is 1.40. The molecular weight excluding hydrogens is 400 g/mol. The van der Waals surface area contributed by atoms with E-state index in [-0.39, 0.29) is 17.4 Å². The molecule has 1 fully saturated rings. The minimum atomic E-state index is -0.232. The Morgan fingerprint density at radius 1 is 1.30 bits per heavy atom. The first-order chi connectivity index (χ1) is 14.4. The molecule has 0 atom stereocenters. The second-order valence-corrected chi connectivity index (χ2v) is 9.50. The van der Waals surface area contributed by atoms with Crippen molar-refractivity contribution in [2.75, 3.05) is 30.4 Å². The van der Waals surface area contributed by atoms with Crippen molar-refractivity contribution in [2.45, 2.75) is 39.5 Å². The number of carbonyl (C=O) groups is 2. The summed E-state index contributed by atoms with van der Waals surface area (Å²) in [5.41, 5.74) is 3.80. The van der Waals surface area contributed by atoms with Gasteiger partial charge in [0.05, 0.1) is 5.69 Å². The number of urea groups is 1. The van der Waals surface area contributed by atoms with Crippen LogP contribution >= 0.6 is 11.3 Å². The quantitative estimate of drug-likeness (QED) is 0.663. The number of rotatable bonds is 5. The number of fused-ring (bicyclic) bond motifs is 1. The average Bonchev–Trinajstić information content (AvgIpc) is 3.21. The summed E-state index contributed by atoms with van der Waals surface area (Å²) in [6, 6.07) is 5.69. The molecule has 8 heteroatoms. The van der Waals surface area contributed by atoms with Crippen LogP contribution in [-0.2, 0) is 16.0 Å². The normalized spacial score (nSPS) is 17.2. The number of hydrogen-bond acceptors (Lipinski definition) is 5. The SMILES string of the molecule is CC(C)(CNC(=O)Nc1nc(-c2ccc3c(c2)CCC(=O)N3)cs1)C1CCOCC1. The zero-order valence-corrected chi connectivity index (χ0v) is 18.2. The molecule has 4 rings (SSSR count). The summed E-state index contributed by atoms with van der Waals surface area (Å²) in [4.78, 5) is 28.5. The van der Waals surface area contributed by atoms with E-state index in [1.54, 1.807) is 0 Å². The van der Waals surface area contributed by atoms with Crippen molar-refractivity contribution in [3.63, 3.8) is 0 Å². The number of carbonyl (C=O) groups excluding carboxylic acids is 2. The largest absolute Gasteiger partial charge is 0.381 e. The molecule has 0 spiro atoms. The van der Waals surface area contributed by atoms with Crippen LogP contribution in [0.1, 0.15) is 38.7 Å². The van der Waals surface area contributed by atoms with Gasteiger partial charge in [0.1, 0.15) is 0 Å². The maximum absolute atomic E-state index is 12.4. The number of nitrogens with one attached hydrogen (secondary N) is 3. The first-order valence-electron chi connectivity index (χ1n) is 10.4. The van der Waals surface area contributed by atoms with Crippen molar-refractivity contribution < 1.29 is 14.3 Å². The van der Waals surface area contributed by atoms with Crippen LogP contribution < -0.4 is 16.0 Å². The molecule has 2 aliphatic heterocycles. The summed E-state index contributed by atoms with van der Waals surface area (Å²) in [6.45, 7) is 6.61. The fourth-order valence-electron chi connectivity index (χ4n) is 4.08. The Morgan fingerprint density at radius 2 is 2.10 bits per heavy atom. The lowest BCUT2D eigenvalue weighted by Gasteiger charge is -2.37. The van der Waals surface area contributed by atoms with Gasteiger partial charge in [-0.3, -0.25) is 10.1 Å². The van der Waals surface area contributed by atoms with Crippen molar-refractivity contribution >= 4 is 34.1 Å². The smallest absolute Gasteiger partial charge is 0.321 e. The molecule has 160 valence electrons.